The fraction of sp³-hybridized carbons (Fsp3) is 0.444. The van der Waals surface area contributed by atoms with Crippen LogP contribution in [0, 0.1) is 5.92 Å². The largest absolute Gasteiger partial charge is 0.492 e. The molecule has 1 aliphatic rings. The van der Waals surface area contributed by atoms with Crippen molar-refractivity contribution in [3.05, 3.63) is 36.5 Å². The second-order valence-electron chi connectivity index (χ2n) is 5.97. The molecule has 0 amide bonds. The molecular formula is C18H24N4O. The highest BCUT2D eigenvalue weighted by atomic mass is 16.5. The number of piperidine rings is 1. The molecule has 1 aromatic carbocycles. The van der Waals surface area contributed by atoms with E-state index in [0.29, 0.717) is 6.61 Å². The number of ether oxygens (including phenoxy) is 1. The van der Waals surface area contributed by atoms with Gasteiger partial charge in [0.05, 0.1) is 12.3 Å². The van der Waals surface area contributed by atoms with E-state index in [1.165, 1.54) is 12.8 Å². The molecule has 1 fully saturated rings. The van der Waals surface area contributed by atoms with Gasteiger partial charge in [0.15, 0.2) is 0 Å². The summed E-state index contributed by atoms with van der Waals surface area (Å²) in [5.41, 5.74) is 0.922. The summed E-state index contributed by atoms with van der Waals surface area (Å²) in [7, 11) is 0. The SMILES string of the molecule is CCOc1ccccc1Nc1ccnc(N2CCC(C)CC2)n1. The first kappa shape index (κ1) is 15.6. The number of nitrogens with zero attached hydrogens (tertiary/aromatic N) is 3. The second kappa shape index (κ2) is 7.31. The van der Waals surface area contributed by atoms with Crippen LogP contribution in [0.5, 0.6) is 5.75 Å². The van der Waals surface area contributed by atoms with Crippen LogP contribution in [0.2, 0.25) is 0 Å². The molecule has 1 aliphatic heterocycles. The fourth-order valence-electron chi connectivity index (χ4n) is 2.77. The van der Waals surface area contributed by atoms with Crippen LogP contribution in [-0.2, 0) is 0 Å². The molecule has 3 rings (SSSR count). The Kier molecular flexibility index (Phi) is 4.95. The van der Waals surface area contributed by atoms with E-state index < -0.39 is 0 Å². The van der Waals surface area contributed by atoms with Crippen LogP contribution in [0.4, 0.5) is 17.5 Å². The van der Waals surface area contributed by atoms with Gasteiger partial charge in [0, 0.05) is 19.3 Å². The van der Waals surface area contributed by atoms with Gasteiger partial charge >= 0.3 is 0 Å². The molecule has 1 N–H and O–H groups in total. The number of aromatic nitrogens is 2. The Bertz CT molecular complexity index is 638. The first-order valence-corrected chi connectivity index (χ1v) is 8.33. The Labute approximate surface area is 137 Å². The quantitative estimate of drug-likeness (QED) is 0.908. The van der Waals surface area contributed by atoms with Crippen LogP contribution in [-0.4, -0.2) is 29.7 Å². The monoisotopic (exact) mass is 312 g/mol. The molecular weight excluding hydrogens is 288 g/mol. The number of rotatable bonds is 5. The van der Waals surface area contributed by atoms with E-state index in [-0.39, 0.29) is 0 Å². The number of nitrogens with one attached hydrogen (secondary N) is 1. The highest BCUT2D eigenvalue weighted by molar-refractivity contribution is 5.64. The second-order valence-corrected chi connectivity index (χ2v) is 5.97. The Morgan fingerprint density at radius 3 is 2.78 bits per heavy atom. The lowest BCUT2D eigenvalue weighted by molar-refractivity contribution is 0.342. The van der Waals surface area contributed by atoms with Crippen molar-refractivity contribution in [2.24, 2.45) is 5.92 Å². The molecule has 5 nitrogen and oxygen atoms in total. The molecule has 5 heteroatoms. The van der Waals surface area contributed by atoms with Crippen LogP contribution in [0.25, 0.3) is 0 Å². The summed E-state index contributed by atoms with van der Waals surface area (Å²) in [6.45, 7) is 6.98. The van der Waals surface area contributed by atoms with Crippen molar-refractivity contribution >= 4 is 17.5 Å². The number of para-hydroxylation sites is 2. The Morgan fingerprint density at radius 2 is 2.00 bits per heavy atom. The van der Waals surface area contributed by atoms with Crippen molar-refractivity contribution in [2.75, 3.05) is 29.9 Å². The van der Waals surface area contributed by atoms with Gasteiger partial charge < -0.3 is 15.0 Å². The third-order valence-corrected chi connectivity index (χ3v) is 4.16. The number of hydrogen-bond donors (Lipinski definition) is 1. The molecule has 0 atom stereocenters. The van der Waals surface area contributed by atoms with E-state index in [4.69, 9.17) is 4.74 Å². The fourth-order valence-corrected chi connectivity index (χ4v) is 2.77. The molecule has 0 spiro atoms. The Hall–Kier alpha value is -2.30. The lowest BCUT2D eigenvalue weighted by atomic mass is 10.00. The normalized spacial score (nSPS) is 15.5. The summed E-state index contributed by atoms with van der Waals surface area (Å²) >= 11 is 0. The molecule has 0 saturated carbocycles. The van der Waals surface area contributed by atoms with Gasteiger partial charge in [0.1, 0.15) is 11.6 Å². The van der Waals surface area contributed by atoms with Gasteiger partial charge in [-0.3, -0.25) is 0 Å². The van der Waals surface area contributed by atoms with Gasteiger partial charge in [0.25, 0.3) is 0 Å². The summed E-state index contributed by atoms with van der Waals surface area (Å²) in [6.07, 6.45) is 4.22. The number of hydrogen-bond acceptors (Lipinski definition) is 5. The van der Waals surface area contributed by atoms with Crippen LogP contribution >= 0.6 is 0 Å². The molecule has 0 aliphatic carbocycles. The van der Waals surface area contributed by atoms with Crippen LogP contribution < -0.4 is 15.0 Å². The lowest BCUT2D eigenvalue weighted by Crippen LogP contribution is -2.34. The average molecular weight is 312 g/mol. The predicted octanol–water partition coefficient (Wildman–Crippen LogP) is 3.86. The summed E-state index contributed by atoms with van der Waals surface area (Å²) < 4.78 is 5.65. The molecule has 2 aromatic rings. The van der Waals surface area contributed by atoms with Crippen molar-refractivity contribution in [3.63, 3.8) is 0 Å². The highest BCUT2D eigenvalue weighted by Gasteiger charge is 2.18. The minimum absolute atomic E-state index is 0.639. The smallest absolute Gasteiger partial charge is 0.227 e. The topological polar surface area (TPSA) is 50.3 Å². The molecule has 23 heavy (non-hydrogen) atoms. The van der Waals surface area contributed by atoms with Crippen LogP contribution in [0.3, 0.4) is 0 Å². The third kappa shape index (κ3) is 3.92. The molecule has 122 valence electrons. The molecule has 0 radical (unpaired) electrons. The number of anilines is 3. The van der Waals surface area contributed by atoms with Gasteiger partial charge in [-0.25, -0.2) is 4.98 Å². The Morgan fingerprint density at radius 1 is 1.22 bits per heavy atom. The maximum atomic E-state index is 5.65. The van der Waals surface area contributed by atoms with Crippen molar-refractivity contribution < 1.29 is 4.74 Å². The first-order chi connectivity index (χ1) is 11.3. The minimum Gasteiger partial charge on any atom is -0.492 e. The molecule has 1 aromatic heterocycles. The van der Waals surface area contributed by atoms with Gasteiger partial charge in [-0.2, -0.15) is 4.98 Å². The standard InChI is InChI=1S/C18H24N4O/c1-3-23-16-7-5-4-6-15(16)20-17-8-11-19-18(21-17)22-12-9-14(2)10-13-22/h4-8,11,14H,3,9-10,12-13H2,1-2H3,(H,19,20,21). The summed E-state index contributed by atoms with van der Waals surface area (Å²) in [5.74, 6) is 3.23. The van der Waals surface area contributed by atoms with E-state index in [2.05, 4.69) is 27.1 Å². The lowest BCUT2D eigenvalue weighted by Gasteiger charge is -2.30. The van der Waals surface area contributed by atoms with Gasteiger partial charge in [-0.1, -0.05) is 19.1 Å². The average Bonchev–Trinajstić information content (AvgIpc) is 2.58. The highest BCUT2D eigenvalue weighted by Crippen LogP contribution is 2.27. The molecule has 2 heterocycles. The van der Waals surface area contributed by atoms with Crippen molar-refractivity contribution in [1.82, 2.24) is 9.97 Å². The molecule has 1 saturated heterocycles. The van der Waals surface area contributed by atoms with Gasteiger partial charge in [0.2, 0.25) is 5.95 Å². The molecule has 0 bridgehead atoms. The van der Waals surface area contributed by atoms with Crippen LogP contribution in [0.15, 0.2) is 36.5 Å². The number of benzene rings is 1. The zero-order valence-electron chi connectivity index (χ0n) is 13.8. The van der Waals surface area contributed by atoms with E-state index in [1.54, 1.807) is 0 Å². The van der Waals surface area contributed by atoms with Gasteiger partial charge in [-0.15, -0.1) is 0 Å². The van der Waals surface area contributed by atoms with E-state index in [9.17, 15) is 0 Å². The maximum Gasteiger partial charge on any atom is 0.227 e. The zero-order valence-corrected chi connectivity index (χ0v) is 13.8. The third-order valence-electron chi connectivity index (χ3n) is 4.16. The molecule has 0 unspecified atom stereocenters. The summed E-state index contributed by atoms with van der Waals surface area (Å²) in [6, 6.07) is 9.80. The zero-order chi connectivity index (χ0) is 16.1. The summed E-state index contributed by atoms with van der Waals surface area (Å²) in [5, 5.41) is 3.34. The van der Waals surface area contributed by atoms with E-state index in [1.807, 2.05) is 43.5 Å². The summed E-state index contributed by atoms with van der Waals surface area (Å²) in [4.78, 5) is 11.4. The minimum atomic E-state index is 0.639. The van der Waals surface area contributed by atoms with Crippen molar-refractivity contribution in [3.8, 4) is 5.75 Å². The van der Waals surface area contributed by atoms with E-state index >= 15 is 0 Å². The predicted molar refractivity (Wildman–Crippen MR) is 93.5 cm³/mol. The first-order valence-electron chi connectivity index (χ1n) is 8.33. The van der Waals surface area contributed by atoms with Crippen LogP contribution in [0.1, 0.15) is 26.7 Å². The van der Waals surface area contributed by atoms with Crippen molar-refractivity contribution in [1.29, 1.82) is 0 Å². The van der Waals surface area contributed by atoms with Gasteiger partial charge in [-0.05, 0) is 43.9 Å². The van der Waals surface area contributed by atoms with E-state index in [0.717, 1.165) is 42.2 Å². The Balaban J connectivity index is 1.75. The maximum absolute atomic E-state index is 5.65. The van der Waals surface area contributed by atoms with Crippen molar-refractivity contribution in [2.45, 2.75) is 26.7 Å².